The molecule has 0 saturated heterocycles. The number of nitrogens with one attached hydrogen (secondary N) is 2. The summed E-state index contributed by atoms with van der Waals surface area (Å²) in [5.41, 5.74) is 1.40. The average molecular weight is 382 g/mol. The zero-order chi connectivity index (χ0) is 19.9. The lowest BCUT2D eigenvalue weighted by atomic mass is 10.1. The summed E-state index contributed by atoms with van der Waals surface area (Å²) in [6.45, 7) is 0.425. The molecule has 1 aromatic heterocycles. The summed E-state index contributed by atoms with van der Waals surface area (Å²) >= 11 is 0. The summed E-state index contributed by atoms with van der Waals surface area (Å²) in [6.07, 6.45) is 0. The second-order valence-corrected chi connectivity index (χ2v) is 5.97. The van der Waals surface area contributed by atoms with Gasteiger partial charge in [-0.25, -0.2) is 4.39 Å². The lowest BCUT2D eigenvalue weighted by Gasteiger charge is -2.05. The third-order valence-electron chi connectivity index (χ3n) is 3.98. The fourth-order valence-corrected chi connectivity index (χ4v) is 2.45. The molecule has 3 aromatic rings. The maximum Gasteiger partial charge on any atom is 0.287 e. The molecule has 2 N–H and O–H groups in total. The van der Waals surface area contributed by atoms with E-state index in [1.807, 2.05) is 0 Å². The van der Waals surface area contributed by atoms with Gasteiger partial charge < -0.3 is 19.8 Å². The van der Waals surface area contributed by atoms with Crippen LogP contribution in [0.5, 0.6) is 5.75 Å². The van der Waals surface area contributed by atoms with Crippen LogP contribution in [0.2, 0.25) is 0 Å². The third-order valence-corrected chi connectivity index (χ3v) is 3.98. The number of halogens is 1. The number of benzene rings is 2. The molecule has 0 saturated carbocycles. The van der Waals surface area contributed by atoms with Crippen LogP contribution in [0.4, 0.5) is 4.39 Å². The highest BCUT2D eigenvalue weighted by Crippen LogP contribution is 2.15. The van der Waals surface area contributed by atoms with Crippen LogP contribution in [-0.4, -0.2) is 18.9 Å². The first kappa shape index (κ1) is 19.2. The monoisotopic (exact) mass is 382 g/mol. The van der Waals surface area contributed by atoms with E-state index in [2.05, 4.69) is 10.6 Å². The average Bonchev–Trinajstić information content (AvgIpc) is 3.20. The molecule has 6 nitrogen and oxygen atoms in total. The molecule has 0 atom stereocenters. The van der Waals surface area contributed by atoms with Gasteiger partial charge in [-0.1, -0.05) is 12.1 Å². The summed E-state index contributed by atoms with van der Waals surface area (Å²) in [7, 11) is 1.57. The van der Waals surface area contributed by atoms with Crippen LogP contribution in [0, 0.1) is 5.82 Å². The lowest BCUT2D eigenvalue weighted by molar-refractivity contribution is 0.0917. The van der Waals surface area contributed by atoms with Crippen molar-refractivity contribution in [2.45, 2.75) is 13.2 Å². The third kappa shape index (κ3) is 4.97. The highest BCUT2D eigenvalue weighted by atomic mass is 19.1. The molecule has 144 valence electrons. The predicted molar refractivity (Wildman–Crippen MR) is 100 cm³/mol. The largest absolute Gasteiger partial charge is 0.486 e. The van der Waals surface area contributed by atoms with Gasteiger partial charge in [0.15, 0.2) is 5.76 Å². The Hall–Kier alpha value is -3.61. The van der Waals surface area contributed by atoms with E-state index in [1.54, 1.807) is 43.4 Å². The molecular formula is C21H19FN2O4. The second kappa shape index (κ2) is 8.85. The lowest BCUT2D eigenvalue weighted by Crippen LogP contribution is -2.22. The van der Waals surface area contributed by atoms with Crippen molar-refractivity contribution in [1.29, 1.82) is 0 Å². The Morgan fingerprint density at radius 3 is 2.36 bits per heavy atom. The van der Waals surface area contributed by atoms with Gasteiger partial charge in [0.25, 0.3) is 11.8 Å². The van der Waals surface area contributed by atoms with E-state index in [9.17, 15) is 14.0 Å². The number of hydrogen-bond acceptors (Lipinski definition) is 4. The molecule has 1 heterocycles. The number of hydrogen-bond donors (Lipinski definition) is 2. The molecule has 0 radical (unpaired) electrons. The molecule has 7 heteroatoms. The zero-order valence-corrected chi connectivity index (χ0v) is 15.2. The van der Waals surface area contributed by atoms with Crippen molar-refractivity contribution in [3.05, 3.63) is 89.1 Å². The van der Waals surface area contributed by atoms with Crippen LogP contribution >= 0.6 is 0 Å². The minimum Gasteiger partial charge on any atom is -0.486 e. The van der Waals surface area contributed by atoms with Crippen LogP contribution < -0.4 is 15.4 Å². The maximum atomic E-state index is 12.9. The number of ether oxygens (including phenoxy) is 1. The minimum absolute atomic E-state index is 0.125. The van der Waals surface area contributed by atoms with Gasteiger partial charge in [0.1, 0.15) is 23.9 Å². The van der Waals surface area contributed by atoms with Gasteiger partial charge in [0, 0.05) is 19.2 Å². The van der Waals surface area contributed by atoms with Gasteiger partial charge >= 0.3 is 0 Å². The molecule has 0 aliphatic carbocycles. The fraction of sp³-hybridized carbons (Fsp3) is 0.143. The molecule has 0 aliphatic heterocycles. The first-order valence-electron chi connectivity index (χ1n) is 8.61. The molecule has 2 aromatic carbocycles. The molecule has 3 rings (SSSR count). The van der Waals surface area contributed by atoms with Gasteiger partial charge in [-0.15, -0.1) is 0 Å². The van der Waals surface area contributed by atoms with E-state index in [1.165, 1.54) is 24.3 Å². The van der Waals surface area contributed by atoms with Crippen molar-refractivity contribution in [1.82, 2.24) is 10.6 Å². The SMILES string of the molecule is CNC(=O)c1ccc(CNC(=O)c2ccc(COc3ccc(F)cc3)o2)cc1. The quantitative estimate of drug-likeness (QED) is 0.657. The number of carbonyl (C=O) groups excluding carboxylic acids is 2. The van der Waals surface area contributed by atoms with Gasteiger partial charge in [-0.2, -0.15) is 0 Å². The van der Waals surface area contributed by atoms with Crippen molar-refractivity contribution in [3.8, 4) is 5.75 Å². The minimum atomic E-state index is -0.358. The summed E-state index contributed by atoms with van der Waals surface area (Å²) < 4.78 is 23.8. The Bertz CT molecular complexity index is 949. The summed E-state index contributed by atoms with van der Waals surface area (Å²) in [5, 5.41) is 5.31. The molecule has 28 heavy (non-hydrogen) atoms. The standard InChI is InChI=1S/C21H19FN2O4/c1-23-20(25)15-4-2-14(3-5-15)12-24-21(26)19-11-10-18(28-19)13-27-17-8-6-16(22)7-9-17/h2-11H,12-13H2,1H3,(H,23,25)(H,24,26). The number of rotatable bonds is 7. The molecule has 0 aliphatic rings. The summed E-state index contributed by atoms with van der Waals surface area (Å²) in [5.74, 6) is 0.283. The first-order valence-corrected chi connectivity index (χ1v) is 8.61. The van der Waals surface area contributed by atoms with Crippen molar-refractivity contribution in [3.63, 3.8) is 0 Å². The van der Waals surface area contributed by atoms with E-state index >= 15 is 0 Å². The maximum absolute atomic E-state index is 12.9. The smallest absolute Gasteiger partial charge is 0.287 e. The van der Waals surface area contributed by atoms with Crippen LogP contribution in [-0.2, 0) is 13.2 Å². The van der Waals surface area contributed by atoms with Gasteiger partial charge in [0.2, 0.25) is 0 Å². The Morgan fingerprint density at radius 1 is 0.964 bits per heavy atom. The fourth-order valence-electron chi connectivity index (χ4n) is 2.45. The van der Waals surface area contributed by atoms with Gasteiger partial charge in [-0.05, 0) is 54.1 Å². The van der Waals surface area contributed by atoms with Crippen LogP contribution in [0.15, 0.2) is 65.1 Å². The molecule has 2 amide bonds. The van der Waals surface area contributed by atoms with Crippen molar-refractivity contribution in [2.75, 3.05) is 7.05 Å². The molecular weight excluding hydrogens is 363 g/mol. The molecule has 0 bridgehead atoms. The second-order valence-electron chi connectivity index (χ2n) is 5.97. The van der Waals surface area contributed by atoms with E-state index < -0.39 is 0 Å². The number of amides is 2. The van der Waals surface area contributed by atoms with Crippen LogP contribution in [0.25, 0.3) is 0 Å². The molecule has 0 fully saturated rings. The highest BCUT2D eigenvalue weighted by molar-refractivity contribution is 5.94. The van der Waals surface area contributed by atoms with Crippen LogP contribution in [0.3, 0.4) is 0 Å². The predicted octanol–water partition coefficient (Wildman–Crippen LogP) is 3.29. The Labute approximate surface area is 161 Å². The first-order chi connectivity index (χ1) is 13.5. The van der Waals surface area contributed by atoms with Gasteiger partial charge in [-0.3, -0.25) is 9.59 Å². The number of carbonyl (C=O) groups is 2. The topological polar surface area (TPSA) is 80.6 Å². The zero-order valence-electron chi connectivity index (χ0n) is 15.2. The molecule has 0 unspecified atom stereocenters. The summed E-state index contributed by atoms with van der Waals surface area (Å²) in [6, 6.07) is 15.8. The van der Waals surface area contributed by atoms with Crippen LogP contribution in [0.1, 0.15) is 32.2 Å². The Morgan fingerprint density at radius 2 is 1.68 bits per heavy atom. The van der Waals surface area contributed by atoms with Gasteiger partial charge in [0.05, 0.1) is 0 Å². The van der Waals surface area contributed by atoms with Crippen molar-refractivity contribution >= 4 is 11.8 Å². The normalized spacial score (nSPS) is 10.4. The van der Waals surface area contributed by atoms with E-state index in [4.69, 9.17) is 9.15 Å². The molecule has 0 spiro atoms. The van der Waals surface area contributed by atoms with E-state index in [-0.39, 0.29) is 30.0 Å². The number of furan rings is 1. The van der Waals surface area contributed by atoms with Crippen molar-refractivity contribution in [2.24, 2.45) is 0 Å². The Balaban J connectivity index is 1.51. The van der Waals surface area contributed by atoms with Crippen molar-refractivity contribution < 1.29 is 23.1 Å². The Kier molecular flexibility index (Phi) is 6.06. The highest BCUT2D eigenvalue weighted by Gasteiger charge is 2.12. The van der Waals surface area contributed by atoms with E-state index in [0.29, 0.717) is 23.6 Å². The van der Waals surface area contributed by atoms with E-state index in [0.717, 1.165) is 5.56 Å². The summed E-state index contributed by atoms with van der Waals surface area (Å²) in [4.78, 5) is 23.7.